The van der Waals surface area contributed by atoms with Crippen molar-refractivity contribution in [1.29, 1.82) is 0 Å². The topological polar surface area (TPSA) is 137 Å². The van der Waals surface area contributed by atoms with Crippen molar-refractivity contribution in [2.75, 3.05) is 5.32 Å². The predicted octanol–water partition coefficient (Wildman–Crippen LogP) is 2.33. The van der Waals surface area contributed by atoms with Crippen LogP contribution in [-0.4, -0.2) is 34.5 Å². The quantitative estimate of drug-likeness (QED) is 0.370. The number of pyridine rings is 2. The third kappa shape index (κ3) is 5.32. The number of carbonyl (C=O) groups excluding carboxylic acids is 1. The average molecular weight is 451 g/mol. The number of hydrogen-bond donors (Lipinski definition) is 3. The predicted molar refractivity (Wildman–Crippen MR) is 119 cm³/mol. The molecule has 3 aromatic heterocycles. The summed E-state index contributed by atoms with van der Waals surface area (Å²) in [4.78, 5) is 20.8. The standard InChI is InChI=1S/C21H21N7O3S/c1-14-7-18(5-6-22-14)28-19-13-23-20(9-17(19)12-25-28)27-21(29)24-10-15-3-2-4-16(8-15)11-26-32(30)31/h2-9,12-13,26H,10-11H2,1H3,(H,30,31)(H2,23,24,27,29)/p-1. The molecule has 4 aromatic rings. The third-order valence-corrected chi connectivity index (χ3v) is 5.04. The molecule has 1 atom stereocenters. The maximum atomic E-state index is 12.3. The van der Waals surface area contributed by atoms with Gasteiger partial charge in [0.15, 0.2) is 0 Å². The Labute approximate surface area is 186 Å². The molecule has 2 amide bonds. The molecule has 3 heterocycles. The Morgan fingerprint density at radius 2 is 1.91 bits per heavy atom. The number of fused-ring (bicyclic) bond motifs is 1. The van der Waals surface area contributed by atoms with Crippen LogP contribution in [0, 0.1) is 6.92 Å². The Morgan fingerprint density at radius 3 is 2.69 bits per heavy atom. The van der Waals surface area contributed by atoms with Crippen LogP contribution in [0.1, 0.15) is 16.8 Å². The number of anilines is 1. The maximum absolute atomic E-state index is 12.3. The van der Waals surface area contributed by atoms with E-state index in [4.69, 9.17) is 0 Å². The van der Waals surface area contributed by atoms with Crippen molar-refractivity contribution in [2.24, 2.45) is 0 Å². The van der Waals surface area contributed by atoms with Crippen LogP contribution < -0.4 is 15.4 Å². The number of rotatable bonds is 7. The van der Waals surface area contributed by atoms with Crippen LogP contribution in [0.3, 0.4) is 0 Å². The number of carbonyl (C=O) groups is 1. The zero-order valence-corrected chi connectivity index (χ0v) is 17.9. The molecule has 0 saturated carbocycles. The van der Waals surface area contributed by atoms with E-state index in [1.165, 1.54) is 0 Å². The smallest absolute Gasteiger partial charge is 0.320 e. The zero-order valence-electron chi connectivity index (χ0n) is 17.1. The van der Waals surface area contributed by atoms with Gasteiger partial charge in [0.2, 0.25) is 0 Å². The van der Waals surface area contributed by atoms with Gasteiger partial charge in [-0.05, 0) is 36.2 Å². The summed E-state index contributed by atoms with van der Waals surface area (Å²) in [5.41, 5.74) is 4.21. The molecule has 164 valence electrons. The molecule has 4 rings (SSSR count). The summed E-state index contributed by atoms with van der Waals surface area (Å²) >= 11 is -2.32. The molecule has 11 heteroatoms. The number of nitrogens with zero attached hydrogens (tertiary/aromatic N) is 4. The fourth-order valence-electron chi connectivity index (χ4n) is 3.20. The minimum atomic E-state index is -2.32. The second kappa shape index (κ2) is 9.64. The fraction of sp³-hybridized carbons (Fsp3) is 0.143. The molecule has 0 saturated heterocycles. The van der Waals surface area contributed by atoms with Gasteiger partial charge in [-0.1, -0.05) is 24.3 Å². The first-order valence-electron chi connectivity index (χ1n) is 9.70. The summed E-state index contributed by atoms with van der Waals surface area (Å²) in [6.45, 7) is 2.38. The van der Waals surface area contributed by atoms with E-state index in [1.807, 2.05) is 31.2 Å². The number of aromatic nitrogens is 4. The van der Waals surface area contributed by atoms with Gasteiger partial charge in [-0.2, -0.15) is 5.10 Å². The van der Waals surface area contributed by atoms with Crippen molar-refractivity contribution in [3.05, 3.63) is 77.9 Å². The van der Waals surface area contributed by atoms with Crippen molar-refractivity contribution < 1.29 is 13.6 Å². The van der Waals surface area contributed by atoms with E-state index in [0.29, 0.717) is 5.82 Å². The molecule has 0 aliphatic rings. The van der Waals surface area contributed by atoms with Crippen molar-refractivity contribution in [3.8, 4) is 5.69 Å². The molecule has 0 radical (unpaired) electrons. The van der Waals surface area contributed by atoms with Gasteiger partial charge in [0.25, 0.3) is 0 Å². The summed E-state index contributed by atoms with van der Waals surface area (Å²) in [6.07, 6.45) is 5.09. The first kappa shape index (κ1) is 21.6. The SMILES string of the molecule is Cc1cc(-n2ncc3cc(NC(=O)NCc4cccc(CNS(=O)[O-])c4)ncc32)ccn1. The van der Waals surface area contributed by atoms with E-state index in [2.05, 4.69) is 30.4 Å². The summed E-state index contributed by atoms with van der Waals surface area (Å²) in [5, 5.41) is 10.7. The Bertz CT molecular complexity index is 1290. The highest BCUT2D eigenvalue weighted by molar-refractivity contribution is 7.77. The molecule has 10 nitrogen and oxygen atoms in total. The summed E-state index contributed by atoms with van der Waals surface area (Å²) in [5.74, 6) is 0.399. The van der Waals surface area contributed by atoms with E-state index >= 15 is 0 Å². The van der Waals surface area contributed by atoms with Gasteiger partial charge in [0, 0.05) is 41.6 Å². The van der Waals surface area contributed by atoms with Gasteiger partial charge >= 0.3 is 6.03 Å². The monoisotopic (exact) mass is 450 g/mol. The van der Waals surface area contributed by atoms with Crippen LogP contribution in [0.4, 0.5) is 10.6 Å². The first-order valence-corrected chi connectivity index (χ1v) is 10.8. The summed E-state index contributed by atoms with van der Waals surface area (Å²) in [7, 11) is 0. The number of urea groups is 1. The molecule has 0 aliphatic heterocycles. The van der Waals surface area contributed by atoms with Crippen LogP contribution in [0.25, 0.3) is 16.6 Å². The van der Waals surface area contributed by atoms with Gasteiger partial charge in [0.1, 0.15) is 5.82 Å². The van der Waals surface area contributed by atoms with Gasteiger partial charge in [-0.25, -0.2) is 19.2 Å². The highest BCUT2D eigenvalue weighted by Crippen LogP contribution is 2.20. The molecule has 0 fully saturated rings. The van der Waals surface area contributed by atoms with E-state index in [0.717, 1.165) is 33.4 Å². The normalized spacial score (nSPS) is 11.9. The minimum Gasteiger partial charge on any atom is -0.760 e. The largest absolute Gasteiger partial charge is 0.760 e. The molecule has 32 heavy (non-hydrogen) atoms. The average Bonchev–Trinajstić information content (AvgIpc) is 3.20. The number of nitrogens with one attached hydrogen (secondary N) is 3. The van der Waals surface area contributed by atoms with Crippen molar-refractivity contribution in [3.63, 3.8) is 0 Å². The Hall–Kier alpha value is -3.67. The third-order valence-electron chi connectivity index (χ3n) is 4.66. The van der Waals surface area contributed by atoms with E-state index in [9.17, 15) is 13.6 Å². The number of hydrogen-bond acceptors (Lipinski definition) is 6. The van der Waals surface area contributed by atoms with E-state index in [1.54, 1.807) is 41.5 Å². The second-order valence-corrected chi connectivity index (χ2v) is 7.78. The molecular weight excluding hydrogens is 430 g/mol. The number of amides is 2. The molecular formula is C21H20N7O3S-. The molecule has 0 spiro atoms. The molecule has 1 aromatic carbocycles. The Morgan fingerprint density at radius 1 is 1.09 bits per heavy atom. The van der Waals surface area contributed by atoms with Gasteiger partial charge < -0.3 is 9.87 Å². The highest BCUT2D eigenvalue weighted by atomic mass is 32.2. The zero-order chi connectivity index (χ0) is 22.5. The van der Waals surface area contributed by atoms with E-state index < -0.39 is 17.3 Å². The van der Waals surface area contributed by atoms with Crippen molar-refractivity contribution in [1.82, 2.24) is 29.8 Å². The molecule has 3 N–H and O–H groups in total. The van der Waals surface area contributed by atoms with Crippen LogP contribution in [0.5, 0.6) is 0 Å². The lowest BCUT2D eigenvalue weighted by molar-refractivity contribution is 0.251. The van der Waals surface area contributed by atoms with Crippen LogP contribution in [0.15, 0.2) is 61.1 Å². The number of benzene rings is 1. The first-order chi connectivity index (χ1) is 15.5. The lowest BCUT2D eigenvalue weighted by atomic mass is 10.1. The lowest BCUT2D eigenvalue weighted by Gasteiger charge is -2.10. The van der Waals surface area contributed by atoms with Crippen LogP contribution >= 0.6 is 0 Å². The fourth-order valence-corrected chi connectivity index (χ4v) is 3.48. The van der Waals surface area contributed by atoms with Gasteiger partial charge in [-0.3, -0.25) is 14.5 Å². The number of aryl methyl sites for hydroxylation is 1. The van der Waals surface area contributed by atoms with Gasteiger partial charge in [-0.15, -0.1) is 0 Å². The Balaban J connectivity index is 1.39. The second-order valence-electron chi connectivity index (χ2n) is 7.02. The highest BCUT2D eigenvalue weighted by Gasteiger charge is 2.09. The summed E-state index contributed by atoms with van der Waals surface area (Å²) < 4.78 is 25.3. The van der Waals surface area contributed by atoms with Gasteiger partial charge in [0.05, 0.1) is 23.6 Å². The molecule has 0 aliphatic carbocycles. The molecule has 0 bridgehead atoms. The summed E-state index contributed by atoms with van der Waals surface area (Å²) in [6, 6.07) is 12.4. The van der Waals surface area contributed by atoms with Crippen molar-refractivity contribution >= 4 is 34.0 Å². The van der Waals surface area contributed by atoms with Crippen molar-refractivity contribution in [2.45, 2.75) is 20.0 Å². The molecule has 1 unspecified atom stereocenters. The minimum absolute atomic E-state index is 0.187. The van der Waals surface area contributed by atoms with Crippen LogP contribution in [-0.2, 0) is 24.4 Å². The lowest BCUT2D eigenvalue weighted by Crippen LogP contribution is -2.28. The van der Waals surface area contributed by atoms with E-state index in [-0.39, 0.29) is 13.1 Å². The Kier molecular flexibility index (Phi) is 6.50. The maximum Gasteiger partial charge on any atom is 0.320 e. The van der Waals surface area contributed by atoms with Crippen LogP contribution in [0.2, 0.25) is 0 Å².